The number of amides is 1. The van der Waals surface area contributed by atoms with E-state index >= 15 is 0 Å². The SMILES string of the molecule is COCCN(C(=O)CSc1nc(-c2cccs2)nc2ccccc12)C1CCS(=O)(=O)C1. The Labute approximate surface area is 189 Å². The zero-order chi connectivity index (χ0) is 21.8. The Kier molecular flexibility index (Phi) is 6.90. The number of hydrogen-bond acceptors (Lipinski definition) is 8. The van der Waals surface area contributed by atoms with Crippen molar-refractivity contribution in [2.75, 3.05) is 37.5 Å². The number of fused-ring (bicyclic) bond motifs is 1. The predicted molar refractivity (Wildman–Crippen MR) is 124 cm³/mol. The minimum Gasteiger partial charge on any atom is -0.383 e. The molecule has 7 nitrogen and oxygen atoms in total. The summed E-state index contributed by atoms with van der Waals surface area (Å²) in [6.45, 7) is 0.743. The zero-order valence-corrected chi connectivity index (χ0v) is 19.5. The lowest BCUT2D eigenvalue weighted by Crippen LogP contribution is -2.44. The van der Waals surface area contributed by atoms with Crippen LogP contribution in [0.25, 0.3) is 21.6 Å². The number of methoxy groups -OCH3 is 1. The molecule has 1 saturated heterocycles. The lowest BCUT2D eigenvalue weighted by Gasteiger charge is -2.28. The summed E-state index contributed by atoms with van der Waals surface area (Å²) in [6.07, 6.45) is 0.474. The van der Waals surface area contributed by atoms with Crippen LogP contribution >= 0.6 is 23.1 Å². The van der Waals surface area contributed by atoms with Crippen molar-refractivity contribution in [3.05, 3.63) is 41.8 Å². The largest absolute Gasteiger partial charge is 0.383 e. The van der Waals surface area contributed by atoms with E-state index in [4.69, 9.17) is 9.72 Å². The van der Waals surface area contributed by atoms with Gasteiger partial charge >= 0.3 is 0 Å². The Morgan fingerprint density at radius 2 is 2.10 bits per heavy atom. The molecule has 0 N–H and O–H groups in total. The molecule has 1 aromatic carbocycles. The van der Waals surface area contributed by atoms with E-state index in [1.807, 2.05) is 41.8 Å². The molecule has 0 bridgehead atoms. The second-order valence-corrected chi connectivity index (χ2v) is 11.4. The monoisotopic (exact) mass is 477 g/mol. The molecule has 1 atom stereocenters. The van der Waals surface area contributed by atoms with Crippen molar-refractivity contribution in [2.45, 2.75) is 17.5 Å². The van der Waals surface area contributed by atoms with Crippen molar-refractivity contribution >= 4 is 49.7 Å². The number of thiophene rings is 1. The lowest BCUT2D eigenvalue weighted by atomic mass is 10.2. The molecule has 0 aliphatic carbocycles. The molecular formula is C21H23N3O4S3. The zero-order valence-electron chi connectivity index (χ0n) is 17.1. The maximum Gasteiger partial charge on any atom is 0.233 e. The van der Waals surface area contributed by atoms with Gasteiger partial charge in [-0.05, 0) is 23.9 Å². The van der Waals surface area contributed by atoms with Gasteiger partial charge in [0.05, 0.1) is 34.3 Å². The van der Waals surface area contributed by atoms with Crippen molar-refractivity contribution in [1.82, 2.24) is 14.9 Å². The average Bonchev–Trinajstić information content (AvgIpc) is 3.42. The van der Waals surface area contributed by atoms with Crippen LogP contribution < -0.4 is 0 Å². The Morgan fingerprint density at radius 1 is 1.26 bits per heavy atom. The number of nitrogens with zero attached hydrogens (tertiary/aromatic N) is 3. The van der Waals surface area contributed by atoms with Gasteiger partial charge < -0.3 is 9.64 Å². The standard InChI is InChI=1S/C21H23N3O4S3/c1-28-10-9-24(15-8-12-31(26,27)14-15)19(25)13-30-21-16-5-2-3-6-17(16)22-20(23-21)18-7-4-11-29-18/h2-7,11,15H,8-10,12-14H2,1H3. The molecule has 1 fully saturated rings. The number of carbonyl (C=O) groups is 1. The van der Waals surface area contributed by atoms with Gasteiger partial charge in [0.2, 0.25) is 5.91 Å². The molecule has 1 aliphatic rings. The second kappa shape index (κ2) is 9.64. The van der Waals surface area contributed by atoms with Crippen LogP contribution in [0.1, 0.15) is 6.42 Å². The summed E-state index contributed by atoms with van der Waals surface area (Å²) in [5.74, 6) is 0.853. The highest BCUT2D eigenvalue weighted by Crippen LogP contribution is 2.30. The first kappa shape index (κ1) is 22.2. The number of thioether (sulfide) groups is 1. The first-order chi connectivity index (χ1) is 15.0. The molecule has 0 radical (unpaired) electrons. The van der Waals surface area contributed by atoms with Crippen LogP contribution in [-0.2, 0) is 19.4 Å². The van der Waals surface area contributed by atoms with Crippen LogP contribution in [0.2, 0.25) is 0 Å². The van der Waals surface area contributed by atoms with Gasteiger partial charge in [-0.25, -0.2) is 18.4 Å². The second-order valence-electron chi connectivity index (χ2n) is 7.27. The van der Waals surface area contributed by atoms with Crippen LogP contribution in [0, 0.1) is 0 Å². The van der Waals surface area contributed by atoms with E-state index in [0.717, 1.165) is 20.8 Å². The van der Waals surface area contributed by atoms with Gasteiger partial charge in [-0.15, -0.1) is 11.3 Å². The van der Waals surface area contributed by atoms with Gasteiger partial charge in [-0.3, -0.25) is 4.79 Å². The molecule has 0 saturated carbocycles. The van der Waals surface area contributed by atoms with E-state index in [9.17, 15) is 13.2 Å². The molecule has 31 heavy (non-hydrogen) atoms. The maximum absolute atomic E-state index is 13.1. The minimum absolute atomic E-state index is 0.0199. The van der Waals surface area contributed by atoms with Crippen LogP contribution in [-0.4, -0.2) is 72.8 Å². The number of sulfone groups is 1. The number of ether oxygens (including phenoxy) is 1. The Bertz CT molecular complexity index is 1170. The molecule has 4 rings (SSSR count). The van der Waals surface area contributed by atoms with Gasteiger partial charge in [-0.1, -0.05) is 36.0 Å². The fourth-order valence-corrected chi connectivity index (χ4v) is 6.90. The molecule has 1 unspecified atom stereocenters. The van der Waals surface area contributed by atoms with Crippen LogP contribution in [0.15, 0.2) is 46.8 Å². The lowest BCUT2D eigenvalue weighted by molar-refractivity contribution is -0.130. The number of carbonyl (C=O) groups excluding carboxylic acids is 1. The topological polar surface area (TPSA) is 89.5 Å². The summed E-state index contributed by atoms with van der Waals surface area (Å²) < 4.78 is 29.0. The first-order valence-electron chi connectivity index (χ1n) is 9.89. The van der Waals surface area contributed by atoms with Crippen LogP contribution in [0.3, 0.4) is 0 Å². The average molecular weight is 478 g/mol. The summed E-state index contributed by atoms with van der Waals surface area (Å²) >= 11 is 2.93. The van der Waals surface area contributed by atoms with E-state index in [1.54, 1.807) is 23.3 Å². The van der Waals surface area contributed by atoms with Gasteiger partial charge in [0.25, 0.3) is 0 Å². The fourth-order valence-electron chi connectivity index (χ4n) is 3.61. The molecule has 3 aromatic rings. The normalized spacial score (nSPS) is 17.8. The number of aromatic nitrogens is 2. The van der Waals surface area contributed by atoms with Gasteiger partial charge in [-0.2, -0.15) is 0 Å². The van der Waals surface area contributed by atoms with Crippen molar-refractivity contribution in [3.8, 4) is 10.7 Å². The molecule has 1 amide bonds. The van der Waals surface area contributed by atoms with Crippen molar-refractivity contribution in [2.24, 2.45) is 0 Å². The predicted octanol–water partition coefficient (Wildman–Crippen LogP) is 3.11. The third-order valence-electron chi connectivity index (χ3n) is 5.15. The highest BCUT2D eigenvalue weighted by molar-refractivity contribution is 8.00. The third-order valence-corrected chi connectivity index (χ3v) is 8.74. The molecule has 10 heteroatoms. The number of rotatable bonds is 8. The molecule has 164 valence electrons. The molecule has 2 aromatic heterocycles. The Morgan fingerprint density at radius 3 is 2.81 bits per heavy atom. The van der Waals surface area contributed by atoms with Crippen molar-refractivity contribution in [3.63, 3.8) is 0 Å². The molecule has 0 spiro atoms. The van der Waals surface area contributed by atoms with E-state index in [2.05, 4.69) is 4.98 Å². The van der Waals surface area contributed by atoms with Crippen molar-refractivity contribution in [1.29, 1.82) is 0 Å². The highest BCUT2D eigenvalue weighted by Gasteiger charge is 2.34. The summed E-state index contributed by atoms with van der Waals surface area (Å²) in [7, 11) is -1.52. The van der Waals surface area contributed by atoms with Crippen molar-refractivity contribution < 1.29 is 17.9 Å². The summed E-state index contributed by atoms with van der Waals surface area (Å²) in [6, 6.07) is 11.4. The Hall–Kier alpha value is -2.01. The summed E-state index contributed by atoms with van der Waals surface area (Å²) in [5, 5.41) is 3.62. The molecule has 3 heterocycles. The van der Waals surface area contributed by atoms with Crippen LogP contribution in [0.4, 0.5) is 0 Å². The highest BCUT2D eigenvalue weighted by atomic mass is 32.2. The fraction of sp³-hybridized carbons (Fsp3) is 0.381. The first-order valence-corrected chi connectivity index (χ1v) is 13.6. The van der Waals surface area contributed by atoms with E-state index < -0.39 is 9.84 Å². The summed E-state index contributed by atoms with van der Waals surface area (Å²) in [5.41, 5.74) is 0.828. The van der Waals surface area contributed by atoms with E-state index in [-0.39, 0.29) is 29.2 Å². The van der Waals surface area contributed by atoms with E-state index in [0.29, 0.717) is 25.4 Å². The number of para-hydroxylation sites is 1. The maximum atomic E-state index is 13.1. The quantitative estimate of drug-likeness (QED) is 0.364. The smallest absolute Gasteiger partial charge is 0.233 e. The van der Waals surface area contributed by atoms with Gasteiger partial charge in [0, 0.05) is 25.1 Å². The van der Waals surface area contributed by atoms with Gasteiger partial charge in [0.15, 0.2) is 15.7 Å². The summed E-state index contributed by atoms with van der Waals surface area (Å²) in [4.78, 5) is 25.1. The van der Waals surface area contributed by atoms with Gasteiger partial charge in [0.1, 0.15) is 5.03 Å². The Balaban J connectivity index is 1.56. The van der Waals surface area contributed by atoms with Crippen LogP contribution in [0.5, 0.6) is 0 Å². The minimum atomic E-state index is -3.09. The molecular weight excluding hydrogens is 454 g/mol. The number of benzene rings is 1. The van der Waals surface area contributed by atoms with E-state index in [1.165, 1.54) is 11.8 Å². The number of hydrogen-bond donors (Lipinski definition) is 0. The third kappa shape index (κ3) is 5.25. The molecule has 1 aliphatic heterocycles.